The number of anilines is 1. The highest BCUT2D eigenvalue weighted by Crippen LogP contribution is 2.16. The summed E-state index contributed by atoms with van der Waals surface area (Å²) in [5.41, 5.74) is 5.70. The molecule has 0 radical (unpaired) electrons. The summed E-state index contributed by atoms with van der Waals surface area (Å²) in [6, 6.07) is 4.78. The van der Waals surface area contributed by atoms with Gasteiger partial charge in [0.25, 0.3) is 5.95 Å². The van der Waals surface area contributed by atoms with E-state index in [4.69, 9.17) is 15.7 Å². The van der Waals surface area contributed by atoms with Gasteiger partial charge in [0, 0.05) is 6.20 Å². The number of nitrogens with two attached hydrogens (primary N) is 1. The van der Waals surface area contributed by atoms with Crippen LogP contribution in [0.5, 0.6) is 0 Å². The molecule has 2 aromatic rings. The number of carbonyl (C=O) groups is 1. The van der Waals surface area contributed by atoms with Gasteiger partial charge in [-0.2, -0.15) is 14.9 Å². The molecule has 1 amide bonds. The fraction of sp³-hybridized carbons (Fsp3) is 0.400. The summed E-state index contributed by atoms with van der Waals surface area (Å²) >= 11 is 0. The Morgan fingerprint density at radius 3 is 2.67 bits per heavy atom. The summed E-state index contributed by atoms with van der Waals surface area (Å²) in [6.45, 7) is 7.01. The van der Waals surface area contributed by atoms with Gasteiger partial charge in [0.05, 0.1) is 11.6 Å². The molecule has 3 N–H and O–H groups in total. The molecule has 126 valence electrons. The average Bonchev–Trinajstić information content (AvgIpc) is 2.89. The second-order valence-electron chi connectivity index (χ2n) is 6.14. The monoisotopic (exact) mass is 329 g/mol. The minimum Gasteiger partial charge on any atom is -0.444 e. The van der Waals surface area contributed by atoms with Gasteiger partial charge in [-0.25, -0.2) is 9.78 Å². The number of rotatable bonds is 3. The third-order valence-corrected chi connectivity index (χ3v) is 2.75. The number of carbonyl (C=O) groups excluding carboxylic acids is 1. The Balaban J connectivity index is 2.30. The minimum absolute atomic E-state index is 0.0581. The zero-order valence-electron chi connectivity index (χ0n) is 13.9. The van der Waals surface area contributed by atoms with Crippen molar-refractivity contribution < 1.29 is 9.53 Å². The molecule has 0 aliphatic carbocycles. The van der Waals surface area contributed by atoms with E-state index in [1.54, 1.807) is 39.8 Å². The van der Waals surface area contributed by atoms with Crippen LogP contribution in [0.1, 0.15) is 45.1 Å². The molecule has 0 aromatic carbocycles. The van der Waals surface area contributed by atoms with Gasteiger partial charge in [-0.15, -0.1) is 5.10 Å². The molecule has 2 aromatic heterocycles. The van der Waals surface area contributed by atoms with Crippen LogP contribution in [0.3, 0.4) is 0 Å². The molecule has 0 aliphatic rings. The molecule has 1 atom stereocenters. The average molecular weight is 329 g/mol. The van der Waals surface area contributed by atoms with Crippen molar-refractivity contribution in [2.45, 2.75) is 39.3 Å². The quantitative estimate of drug-likeness (QED) is 0.878. The van der Waals surface area contributed by atoms with Gasteiger partial charge < -0.3 is 10.5 Å². The third kappa shape index (κ3) is 4.27. The number of hydrogen-bond acceptors (Lipinski definition) is 7. The number of nitrogens with one attached hydrogen (secondary N) is 1. The predicted molar refractivity (Wildman–Crippen MR) is 86.3 cm³/mol. The highest BCUT2D eigenvalue weighted by Gasteiger charge is 2.20. The molecule has 9 heteroatoms. The SMILES string of the molecule is CC(N)c1nc(NC(=O)OC(C)(C)C)nn1-c1ccc(C#N)cn1. The van der Waals surface area contributed by atoms with E-state index in [9.17, 15) is 4.79 Å². The molecule has 2 heterocycles. The minimum atomic E-state index is -0.663. The van der Waals surface area contributed by atoms with Crippen LogP contribution in [0.4, 0.5) is 10.7 Å². The largest absolute Gasteiger partial charge is 0.444 e. The van der Waals surface area contributed by atoms with Crippen molar-refractivity contribution in [2.24, 2.45) is 5.73 Å². The standard InChI is InChI=1S/C15H19N7O2/c1-9(17)12-19-13(20-14(23)24-15(2,3)4)21-22(12)11-6-5-10(7-16)8-18-11/h5-6,8-9H,17H2,1-4H3,(H,20,21,23). The van der Waals surface area contributed by atoms with Crippen LogP contribution in [0.25, 0.3) is 5.82 Å². The van der Waals surface area contributed by atoms with E-state index in [2.05, 4.69) is 20.4 Å². The zero-order chi connectivity index (χ0) is 17.9. The number of pyridine rings is 1. The molecule has 2 rings (SSSR count). The Morgan fingerprint density at radius 2 is 2.17 bits per heavy atom. The van der Waals surface area contributed by atoms with Gasteiger partial charge in [0.1, 0.15) is 11.7 Å². The van der Waals surface area contributed by atoms with Crippen molar-refractivity contribution in [1.82, 2.24) is 19.7 Å². The summed E-state index contributed by atoms with van der Waals surface area (Å²) in [5, 5.41) is 15.5. The highest BCUT2D eigenvalue weighted by atomic mass is 16.6. The lowest BCUT2D eigenvalue weighted by atomic mass is 10.2. The van der Waals surface area contributed by atoms with Gasteiger partial charge in [-0.1, -0.05) is 0 Å². The van der Waals surface area contributed by atoms with Crippen LogP contribution in [-0.2, 0) is 4.74 Å². The maximum Gasteiger partial charge on any atom is 0.414 e. The summed E-state index contributed by atoms with van der Waals surface area (Å²) in [4.78, 5) is 20.2. The predicted octanol–water partition coefficient (Wildman–Crippen LogP) is 1.90. The Labute approximate surface area is 139 Å². The van der Waals surface area contributed by atoms with Gasteiger partial charge >= 0.3 is 6.09 Å². The number of nitrogens with zero attached hydrogens (tertiary/aromatic N) is 5. The number of nitriles is 1. The molecule has 0 aliphatic heterocycles. The van der Waals surface area contributed by atoms with Crippen LogP contribution >= 0.6 is 0 Å². The fourth-order valence-electron chi connectivity index (χ4n) is 1.81. The van der Waals surface area contributed by atoms with E-state index >= 15 is 0 Å². The molecule has 0 fully saturated rings. The number of amides is 1. The van der Waals surface area contributed by atoms with Crippen molar-refractivity contribution in [3.63, 3.8) is 0 Å². The van der Waals surface area contributed by atoms with Gasteiger partial charge in [-0.05, 0) is 39.8 Å². The first kappa shape index (κ1) is 17.4. The lowest BCUT2D eigenvalue weighted by Crippen LogP contribution is -2.27. The molecule has 0 spiro atoms. The van der Waals surface area contributed by atoms with Crippen LogP contribution in [0.15, 0.2) is 18.3 Å². The van der Waals surface area contributed by atoms with E-state index < -0.39 is 17.7 Å². The van der Waals surface area contributed by atoms with Crippen LogP contribution in [0, 0.1) is 11.3 Å². The number of hydrogen-bond donors (Lipinski definition) is 2. The molecule has 0 bridgehead atoms. The summed E-state index contributed by atoms with van der Waals surface area (Å²) in [7, 11) is 0. The second kappa shape index (κ2) is 6.64. The van der Waals surface area contributed by atoms with E-state index in [0.29, 0.717) is 17.2 Å². The van der Waals surface area contributed by atoms with Crippen molar-refractivity contribution >= 4 is 12.0 Å². The van der Waals surface area contributed by atoms with E-state index in [0.717, 1.165) is 0 Å². The smallest absolute Gasteiger partial charge is 0.414 e. The maximum absolute atomic E-state index is 11.8. The fourth-order valence-corrected chi connectivity index (χ4v) is 1.81. The van der Waals surface area contributed by atoms with Crippen molar-refractivity contribution in [3.05, 3.63) is 29.7 Å². The van der Waals surface area contributed by atoms with Crippen LogP contribution in [-0.4, -0.2) is 31.4 Å². The lowest BCUT2D eigenvalue weighted by molar-refractivity contribution is 0.0634. The Morgan fingerprint density at radius 1 is 1.46 bits per heavy atom. The molecule has 0 saturated heterocycles. The molecule has 0 saturated carbocycles. The Bertz CT molecular complexity index is 767. The first-order valence-corrected chi connectivity index (χ1v) is 7.28. The normalized spacial score (nSPS) is 12.3. The molecular weight excluding hydrogens is 310 g/mol. The summed E-state index contributed by atoms with van der Waals surface area (Å²) < 4.78 is 6.58. The van der Waals surface area contributed by atoms with Crippen molar-refractivity contribution in [3.8, 4) is 11.9 Å². The van der Waals surface area contributed by atoms with Crippen LogP contribution < -0.4 is 11.1 Å². The number of ether oxygens (including phenoxy) is 1. The van der Waals surface area contributed by atoms with E-state index in [1.165, 1.54) is 10.9 Å². The van der Waals surface area contributed by atoms with Crippen molar-refractivity contribution in [1.29, 1.82) is 5.26 Å². The topological polar surface area (TPSA) is 132 Å². The third-order valence-electron chi connectivity index (χ3n) is 2.75. The lowest BCUT2D eigenvalue weighted by Gasteiger charge is -2.18. The van der Waals surface area contributed by atoms with Gasteiger partial charge in [0.15, 0.2) is 11.6 Å². The zero-order valence-corrected chi connectivity index (χ0v) is 13.9. The van der Waals surface area contributed by atoms with Gasteiger partial charge in [-0.3, -0.25) is 5.32 Å². The Kier molecular flexibility index (Phi) is 4.80. The van der Waals surface area contributed by atoms with Gasteiger partial charge in [0.2, 0.25) is 0 Å². The molecular formula is C15H19N7O2. The maximum atomic E-state index is 11.8. The molecule has 9 nitrogen and oxygen atoms in total. The molecule has 1 unspecified atom stereocenters. The first-order valence-electron chi connectivity index (χ1n) is 7.28. The van der Waals surface area contributed by atoms with E-state index in [-0.39, 0.29) is 5.95 Å². The van der Waals surface area contributed by atoms with Crippen molar-refractivity contribution in [2.75, 3.05) is 5.32 Å². The van der Waals surface area contributed by atoms with E-state index in [1.807, 2.05) is 6.07 Å². The summed E-state index contributed by atoms with van der Waals surface area (Å²) in [5.74, 6) is 0.909. The highest BCUT2D eigenvalue weighted by molar-refractivity contribution is 5.82. The number of aromatic nitrogens is 4. The van der Waals surface area contributed by atoms with Crippen LogP contribution in [0.2, 0.25) is 0 Å². The second-order valence-corrected chi connectivity index (χ2v) is 6.14. The first-order chi connectivity index (χ1) is 11.2. The molecule has 24 heavy (non-hydrogen) atoms. The summed E-state index contributed by atoms with van der Waals surface area (Å²) in [6.07, 6.45) is 0.756. The Hall–Kier alpha value is -2.99.